The minimum atomic E-state index is -0.213. The molecule has 55 heavy (non-hydrogen) atoms. The first-order valence-electron chi connectivity index (χ1n) is 18.1. The molecule has 0 radical (unpaired) electrons. The van der Waals surface area contributed by atoms with Gasteiger partial charge < -0.3 is 33.6 Å². The van der Waals surface area contributed by atoms with Gasteiger partial charge in [-0.1, -0.05) is 57.6 Å². The third-order valence-electron chi connectivity index (χ3n) is 10.3. The quantitative estimate of drug-likeness (QED) is 0.168. The first kappa shape index (κ1) is 42.0. The fourth-order valence-electron chi connectivity index (χ4n) is 7.00. The van der Waals surface area contributed by atoms with E-state index >= 15 is 0 Å². The van der Waals surface area contributed by atoms with Gasteiger partial charge in [-0.05, 0) is 112 Å². The first-order chi connectivity index (χ1) is 25.4. The Morgan fingerprint density at radius 3 is 1.18 bits per heavy atom. The van der Waals surface area contributed by atoms with Gasteiger partial charge in [0.1, 0.15) is 11.6 Å². The van der Waals surface area contributed by atoms with E-state index in [1.54, 1.807) is 27.4 Å². The fraction of sp³-hybridized carbons (Fsp3) is 0.188. The predicted octanol–water partition coefficient (Wildman–Crippen LogP) is 8.00. The van der Waals surface area contributed by atoms with Crippen LogP contribution < -0.4 is 24.8 Å². The number of rotatable bonds is 4. The molecule has 2 aromatic heterocycles. The molecule has 1 aliphatic rings. The van der Waals surface area contributed by atoms with Crippen molar-refractivity contribution in [2.75, 3.05) is 0 Å². The molecular formula is C48H42Cl2F2O2Zr-2. The Labute approximate surface area is 349 Å². The molecule has 1 saturated carbocycles. The van der Waals surface area contributed by atoms with Gasteiger partial charge in [0.25, 0.3) is 0 Å². The Kier molecular flexibility index (Phi) is 13.6. The van der Waals surface area contributed by atoms with Gasteiger partial charge in [-0.2, -0.15) is 0 Å². The zero-order valence-corrected chi connectivity index (χ0v) is 35.8. The van der Waals surface area contributed by atoms with E-state index in [0.29, 0.717) is 0 Å². The van der Waals surface area contributed by atoms with E-state index in [1.807, 2.05) is 62.4 Å². The number of benzene rings is 4. The summed E-state index contributed by atoms with van der Waals surface area (Å²) in [6.07, 6.45) is 4.36. The summed E-state index contributed by atoms with van der Waals surface area (Å²) in [6.45, 7) is 12.4. The van der Waals surface area contributed by atoms with Gasteiger partial charge in [-0.3, -0.25) is 0 Å². The summed E-state index contributed by atoms with van der Waals surface area (Å²) in [5.41, 5.74) is 11.5. The van der Waals surface area contributed by atoms with Crippen LogP contribution in [-0.4, -0.2) is 3.21 Å². The molecule has 0 unspecified atom stereocenters. The van der Waals surface area contributed by atoms with Crippen molar-refractivity contribution in [3.8, 4) is 44.9 Å². The Morgan fingerprint density at radius 2 is 0.891 bits per heavy atom. The van der Waals surface area contributed by atoms with Gasteiger partial charge in [0.05, 0.1) is 23.0 Å². The van der Waals surface area contributed by atoms with Crippen LogP contribution in [0.3, 0.4) is 0 Å². The fourth-order valence-corrected chi connectivity index (χ4v) is 7.87. The van der Waals surface area contributed by atoms with Crippen molar-refractivity contribution < 1.29 is 66.7 Å². The Hall–Kier alpha value is -4.15. The number of hydrogen-bond donors (Lipinski definition) is 0. The summed E-state index contributed by atoms with van der Waals surface area (Å²) in [4.78, 5) is 0. The van der Waals surface area contributed by atoms with Crippen molar-refractivity contribution in [1.29, 1.82) is 0 Å². The summed E-state index contributed by atoms with van der Waals surface area (Å²) in [5, 5.41) is 4.71. The van der Waals surface area contributed by atoms with Crippen molar-refractivity contribution in [2.24, 2.45) is 0 Å². The zero-order chi connectivity index (χ0) is 37.4. The van der Waals surface area contributed by atoms with Crippen LogP contribution in [0.1, 0.15) is 53.0 Å². The minimum absolute atomic E-state index is 0. The van der Waals surface area contributed by atoms with E-state index in [2.05, 4.69) is 64.1 Å². The van der Waals surface area contributed by atoms with E-state index in [-0.39, 0.29) is 36.4 Å². The molecule has 0 atom stereocenters. The average Bonchev–Trinajstić information content (AvgIpc) is 3.94. The molecule has 1 aliphatic carbocycles. The number of halogens is 4. The molecule has 8 aromatic rings. The van der Waals surface area contributed by atoms with Crippen molar-refractivity contribution in [3.63, 3.8) is 0 Å². The molecular weight excluding hydrogens is 809 g/mol. The van der Waals surface area contributed by atoms with E-state index in [9.17, 15) is 8.78 Å². The SMILES string of the molecule is Cc1ccc(-c2cc3c(-c4ccc(F)cc4)c(C)c(C)cc3[cH-]2)o1.Cc1ccc(-c2cc3c(-c4ccc(F)cc4)c(C)c(C)cc3[cH-]2)o1.[Cl-].[Cl-].[Zr+2]=[C]1CCC1. The second-order valence-electron chi connectivity index (χ2n) is 14.2. The zero-order valence-electron chi connectivity index (χ0n) is 31.8. The van der Waals surface area contributed by atoms with Crippen LogP contribution in [0.15, 0.2) is 118 Å². The van der Waals surface area contributed by atoms with Gasteiger partial charge >= 0.3 is 46.7 Å². The molecule has 9 rings (SSSR count). The predicted molar refractivity (Wildman–Crippen MR) is 213 cm³/mol. The van der Waals surface area contributed by atoms with E-state index in [4.69, 9.17) is 8.83 Å². The molecule has 0 spiro atoms. The topological polar surface area (TPSA) is 26.3 Å². The molecule has 1 fully saturated rings. The van der Waals surface area contributed by atoms with E-state index in [1.165, 1.54) is 98.5 Å². The summed E-state index contributed by atoms with van der Waals surface area (Å²) < 4.78 is 39.9. The van der Waals surface area contributed by atoms with Crippen molar-refractivity contribution in [2.45, 2.75) is 60.8 Å². The second-order valence-corrected chi connectivity index (χ2v) is 15.9. The van der Waals surface area contributed by atoms with Crippen molar-refractivity contribution >= 4 is 24.8 Å². The van der Waals surface area contributed by atoms with Gasteiger partial charge in [-0.15, -0.1) is 57.9 Å². The molecule has 2 nitrogen and oxygen atoms in total. The van der Waals surface area contributed by atoms with E-state index in [0.717, 1.165) is 45.3 Å². The first-order valence-corrected chi connectivity index (χ1v) is 19.3. The monoisotopic (exact) mass is 848 g/mol. The number of fused-ring (bicyclic) bond motifs is 2. The van der Waals surface area contributed by atoms with Crippen molar-refractivity contribution in [3.05, 3.63) is 155 Å². The molecule has 2 heterocycles. The van der Waals surface area contributed by atoms with Crippen LogP contribution in [-0.2, 0) is 24.2 Å². The molecule has 0 bridgehead atoms. The number of furan rings is 2. The van der Waals surface area contributed by atoms with Crippen LogP contribution in [0.4, 0.5) is 8.78 Å². The van der Waals surface area contributed by atoms with E-state index < -0.39 is 0 Å². The molecule has 7 heteroatoms. The van der Waals surface area contributed by atoms with Crippen LogP contribution >= 0.6 is 0 Å². The molecule has 6 aromatic carbocycles. The Bertz CT molecular complexity index is 2410. The molecule has 280 valence electrons. The third kappa shape index (κ3) is 9.12. The Balaban J connectivity index is 0.000000181. The van der Waals surface area contributed by atoms with Gasteiger partial charge in [-0.25, -0.2) is 8.78 Å². The van der Waals surface area contributed by atoms with Crippen LogP contribution in [0, 0.1) is 53.2 Å². The molecule has 0 amide bonds. The summed E-state index contributed by atoms with van der Waals surface area (Å²) in [6, 6.07) is 34.5. The molecule has 0 aliphatic heterocycles. The molecule has 0 N–H and O–H groups in total. The van der Waals surface area contributed by atoms with Gasteiger partial charge in [0.2, 0.25) is 0 Å². The summed E-state index contributed by atoms with van der Waals surface area (Å²) in [5.74, 6) is 3.14. The third-order valence-corrected chi connectivity index (χ3v) is 11.6. The standard InChI is InChI=1S/2C22H18FO.C4H6.2ClH.Zr/c2*1-13-10-17-11-18(21-9-4-14(2)24-21)12-20(17)22(15(13)3)16-5-7-19(23)8-6-16;1-2-4-3-1;;;/h2*4-12H,1-3H3;1-3H2;2*1H;/q2*-1;;;;+2/p-2. The molecule has 0 saturated heterocycles. The average molecular weight is 851 g/mol. The maximum atomic E-state index is 13.3. The summed E-state index contributed by atoms with van der Waals surface area (Å²) >= 11 is 1.67. The summed E-state index contributed by atoms with van der Waals surface area (Å²) in [7, 11) is 0. The van der Waals surface area contributed by atoms with Crippen LogP contribution in [0.25, 0.3) is 66.4 Å². The van der Waals surface area contributed by atoms with Crippen LogP contribution in [0.2, 0.25) is 0 Å². The van der Waals surface area contributed by atoms with Gasteiger partial charge in [0.15, 0.2) is 0 Å². The van der Waals surface area contributed by atoms with Gasteiger partial charge in [0, 0.05) is 0 Å². The Morgan fingerprint density at radius 1 is 0.527 bits per heavy atom. The normalized spacial score (nSPS) is 11.9. The number of hydrogen-bond acceptors (Lipinski definition) is 2. The van der Waals surface area contributed by atoms with Crippen LogP contribution in [0.5, 0.6) is 0 Å². The maximum absolute atomic E-state index is 13.3. The van der Waals surface area contributed by atoms with Crippen molar-refractivity contribution in [1.82, 2.24) is 0 Å². The number of aryl methyl sites for hydroxylation is 4. The second kappa shape index (κ2) is 17.8.